The van der Waals surface area contributed by atoms with Gasteiger partial charge in [-0.15, -0.1) is 0 Å². The zero-order valence-electron chi connectivity index (χ0n) is 9.21. The van der Waals surface area contributed by atoms with E-state index < -0.39 is 11.6 Å². The molecule has 2 aromatic carbocycles. The number of rotatable bonds is 3. The molecule has 0 atom stereocenters. The van der Waals surface area contributed by atoms with E-state index in [9.17, 15) is 8.78 Å². The second-order valence-corrected chi connectivity index (χ2v) is 3.52. The monoisotopic (exact) mass is 235 g/mol. The summed E-state index contributed by atoms with van der Waals surface area (Å²) < 4.78 is 31.0. The summed E-state index contributed by atoms with van der Waals surface area (Å²) in [6, 6.07) is 10.4. The summed E-state index contributed by atoms with van der Waals surface area (Å²) in [5.41, 5.74) is 1.06. The third-order valence-corrected chi connectivity index (χ3v) is 2.22. The average molecular weight is 235 g/mol. The Morgan fingerprint density at radius 2 is 1.65 bits per heavy atom. The lowest BCUT2D eigenvalue weighted by molar-refractivity contribution is 0.415. The van der Waals surface area contributed by atoms with Crippen LogP contribution in [-0.4, -0.2) is 7.11 Å². The van der Waals surface area contributed by atoms with Crippen molar-refractivity contribution in [1.82, 2.24) is 0 Å². The number of anilines is 2. The first-order chi connectivity index (χ1) is 8.17. The molecule has 17 heavy (non-hydrogen) atoms. The molecular weight excluding hydrogens is 224 g/mol. The lowest BCUT2D eigenvalue weighted by atomic mass is 10.2. The highest BCUT2D eigenvalue weighted by Gasteiger charge is 2.01. The Balaban J connectivity index is 2.24. The molecule has 0 radical (unpaired) electrons. The van der Waals surface area contributed by atoms with Crippen LogP contribution in [0.25, 0.3) is 0 Å². The van der Waals surface area contributed by atoms with Crippen LogP contribution < -0.4 is 10.1 Å². The maximum Gasteiger partial charge on any atom is 0.128 e. The second-order valence-electron chi connectivity index (χ2n) is 3.52. The van der Waals surface area contributed by atoms with Crippen LogP contribution in [-0.2, 0) is 0 Å². The van der Waals surface area contributed by atoms with E-state index in [0.717, 1.165) is 6.07 Å². The van der Waals surface area contributed by atoms with Gasteiger partial charge in [-0.05, 0) is 24.3 Å². The molecule has 0 amide bonds. The summed E-state index contributed by atoms with van der Waals surface area (Å²) in [7, 11) is 1.56. The molecule has 2 nitrogen and oxygen atoms in total. The van der Waals surface area contributed by atoms with Gasteiger partial charge in [0.25, 0.3) is 0 Å². The first kappa shape index (κ1) is 11.4. The predicted molar refractivity (Wildman–Crippen MR) is 62.6 cm³/mol. The first-order valence-electron chi connectivity index (χ1n) is 5.04. The van der Waals surface area contributed by atoms with Gasteiger partial charge in [0.05, 0.1) is 7.11 Å². The smallest absolute Gasteiger partial charge is 0.128 e. The Kier molecular flexibility index (Phi) is 3.23. The maximum atomic E-state index is 13.0. The molecule has 0 aromatic heterocycles. The van der Waals surface area contributed by atoms with Crippen molar-refractivity contribution in [3.63, 3.8) is 0 Å². The van der Waals surface area contributed by atoms with E-state index in [-0.39, 0.29) is 0 Å². The molecule has 0 bridgehead atoms. The lowest BCUT2D eigenvalue weighted by Gasteiger charge is -2.08. The van der Waals surface area contributed by atoms with Gasteiger partial charge in [-0.2, -0.15) is 0 Å². The molecule has 0 heterocycles. The predicted octanol–water partition coefficient (Wildman–Crippen LogP) is 3.72. The SMILES string of the molecule is COc1cccc(Nc2cc(F)cc(F)c2)c1. The molecule has 88 valence electrons. The molecular formula is C13H11F2NO. The van der Waals surface area contributed by atoms with Gasteiger partial charge < -0.3 is 10.1 Å². The van der Waals surface area contributed by atoms with Crippen molar-refractivity contribution >= 4 is 11.4 Å². The van der Waals surface area contributed by atoms with Gasteiger partial charge in [-0.3, -0.25) is 0 Å². The molecule has 0 aliphatic carbocycles. The van der Waals surface area contributed by atoms with Crippen LogP contribution >= 0.6 is 0 Å². The highest BCUT2D eigenvalue weighted by atomic mass is 19.1. The lowest BCUT2D eigenvalue weighted by Crippen LogP contribution is -1.93. The quantitative estimate of drug-likeness (QED) is 0.875. The van der Waals surface area contributed by atoms with Crippen LogP contribution in [0.4, 0.5) is 20.2 Å². The molecule has 0 saturated carbocycles. The molecule has 0 fully saturated rings. The summed E-state index contributed by atoms with van der Waals surface area (Å²) in [5.74, 6) is -0.558. The fraction of sp³-hybridized carbons (Fsp3) is 0.0769. The Morgan fingerprint density at radius 1 is 0.941 bits per heavy atom. The molecule has 0 aliphatic rings. The van der Waals surface area contributed by atoms with Crippen LogP contribution in [0.3, 0.4) is 0 Å². The highest BCUT2D eigenvalue weighted by molar-refractivity contribution is 5.61. The highest BCUT2D eigenvalue weighted by Crippen LogP contribution is 2.22. The van der Waals surface area contributed by atoms with Crippen LogP contribution in [0.2, 0.25) is 0 Å². The van der Waals surface area contributed by atoms with E-state index in [4.69, 9.17) is 4.74 Å². The molecule has 2 aromatic rings. The molecule has 0 aliphatic heterocycles. The van der Waals surface area contributed by atoms with Crippen molar-refractivity contribution in [2.75, 3.05) is 12.4 Å². The average Bonchev–Trinajstić information content (AvgIpc) is 2.28. The van der Waals surface area contributed by atoms with Gasteiger partial charge in [0, 0.05) is 23.5 Å². The molecule has 0 spiro atoms. The Morgan fingerprint density at radius 3 is 2.29 bits per heavy atom. The zero-order valence-corrected chi connectivity index (χ0v) is 9.21. The molecule has 2 rings (SSSR count). The van der Waals surface area contributed by atoms with Crippen LogP contribution in [0.1, 0.15) is 0 Å². The van der Waals surface area contributed by atoms with Crippen molar-refractivity contribution < 1.29 is 13.5 Å². The number of hydrogen-bond acceptors (Lipinski definition) is 2. The summed E-state index contributed by atoms with van der Waals surface area (Å²) >= 11 is 0. The summed E-state index contributed by atoms with van der Waals surface area (Å²) in [5, 5.41) is 2.90. The number of hydrogen-bond donors (Lipinski definition) is 1. The number of ether oxygens (including phenoxy) is 1. The van der Waals surface area contributed by atoms with Gasteiger partial charge in [0.1, 0.15) is 17.4 Å². The minimum atomic E-state index is -0.615. The molecule has 4 heteroatoms. The Bertz CT molecular complexity index is 508. The van der Waals surface area contributed by atoms with E-state index in [2.05, 4.69) is 5.32 Å². The van der Waals surface area contributed by atoms with Gasteiger partial charge in [-0.25, -0.2) is 8.78 Å². The zero-order chi connectivity index (χ0) is 12.3. The van der Waals surface area contributed by atoms with Crippen molar-refractivity contribution in [2.45, 2.75) is 0 Å². The minimum absolute atomic E-state index is 0.357. The minimum Gasteiger partial charge on any atom is -0.497 e. The standard InChI is InChI=1S/C13H11F2NO/c1-17-13-4-2-3-11(8-13)16-12-6-9(14)5-10(15)7-12/h2-8,16H,1H3. The van der Waals surface area contributed by atoms with Crippen molar-refractivity contribution in [3.8, 4) is 5.75 Å². The van der Waals surface area contributed by atoms with E-state index in [1.807, 2.05) is 0 Å². The molecule has 0 saturated heterocycles. The second kappa shape index (κ2) is 4.82. The number of nitrogens with one attached hydrogen (secondary N) is 1. The largest absolute Gasteiger partial charge is 0.497 e. The topological polar surface area (TPSA) is 21.3 Å². The van der Waals surface area contributed by atoms with Crippen LogP contribution in [0, 0.1) is 11.6 Å². The van der Waals surface area contributed by atoms with Crippen LogP contribution in [0.15, 0.2) is 42.5 Å². The van der Waals surface area contributed by atoms with E-state index in [1.54, 1.807) is 31.4 Å². The Labute approximate surface area is 97.8 Å². The number of methoxy groups -OCH3 is 1. The van der Waals surface area contributed by atoms with Crippen molar-refractivity contribution in [1.29, 1.82) is 0 Å². The van der Waals surface area contributed by atoms with Gasteiger partial charge in [0.15, 0.2) is 0 Å². The van der Waals surface area contributed by atoms with Crippen molar-refractivity contribution in [3.05, 3.63) is 54.1 Å². The summed E-state index contributed by atoms with van der Waals surface area (Å²) in [4.78, 5) is 0. The molecule has 0 unspecified atom stereocenters. The van der Waals surface area contributed by atoms with Crippen LogP contribution in [0.5, 0.6) is 5.75 Å². The van der Waals surface area contributed by atoms with E-state index in [1.165, 1.54) is 12.1 Å². The fourth-order valence-electron chi connectivity index (χ4n) is 1.49. The maximum absolute atomic E-state index is 13.0. The normalized spacial score (nSPS) is 10.1. The first-order valence-corrected chi connectivity index (χ1v) is 5.04. The third-order valence-electron chi connectivity index (χ3n) is 2.22. The van der Waals surface area contributed by atoms with E-state index >= 15 is 0 Å². The molecule has 1 N–H and O–H groups in total. The number of benzene rings is 2. The Hall–Kier alpha value is -2.10. The van der Waals surface area contributed by atoms with Crippen molar-refractivity contribution in [2.24, 2.45) is 0 Å². The number of halogens is 2. The third kappa shape index (κ3) is 2.93. The van der Waals surface area contributed by atoms with Gasteiger partial charge in [-0.1, -0.05) is 6.07 Å². The van der Waals surface area contributed by atoms with Gasteiger partial charge >= 0.3 is 0 Å². The fourth-order valence-corrected chi connectivity index (χ4v) is 1.49. The van der Waals surface area contributed by atoms with Gasteiger partial charge in [0.2, 0.25) is 0 Å². The summed E-state index contributed by atoms with van der Waals surface area (Å²) in [6.07, 6.45) is 0. The van der Waals surface area contributed by atoms with E-state index in [0.29, 0.717) is 17.1 Å². The summed E-state index contributed by atoms with van der Waals surface area (Å²) in [6.45, 7) is 0.